The molecule has 0 aliphatic heterocycles. The molecule has 4 heterocycles. The van der Waals surface area contributed by atoms with Crippen molar-refractivity contribution < 1.29 is 0 Å². The van der Waals surface area contributed by atoms with Crippen LogP contribution in [0.1, 0.15) is 18.6 Å². The molecule has 0 radical (unpaired) electrons. The highest BCUT2D eigenvalue weighted by Gasteiger charge is 2.20. The lowest BCUT2D eigenvalue weighted by atomic mass is 10.1. The lowest BCUT2D eigenvalue weighted by Crippen LogP contribution is -2.21. The van der Waals surface area contributed by atoms with Crippen LogP contribution in [0.15, 0.2) is 41.3 Å². The van der Waals surface area contributed by atoms with E-state index in [0.29, 0.717) is 51.0 Å². The number of benzene rings is 1. The minimum Gasteiger partial charge on any atom is -0.268 e. The van der Waals surface area contributed by atoms with Gasteiger partial charge in [-0.1, -0.05) is 36.7 Å². The maximum Gasteiger partial charge on any atom is 0.269 e. The van der Waals surface area contributed by atoms with Gasteiger partial charge in [0.2, 0.25) is 0 Å². The van der Waals surface area contributed by atoms with E-state index in [2.05, 4.69) is 30.2 Å². The van der Waals surface area contributed by atoms with Crippen molar-refractivity contribution in [2.24, 2.45) is 0 Å². The first-order valence-corrected chi connectivity index (χ1v) is 9.40. The molecule has 144 valence electrons. The standard InChI is InChI=1S/C19H15ClN8O/c1-3-14-23-19(25-24-14)27-9-8-13-15(17(27)29)16(11-6-4-5-7-12(11)20)28-18(22-13)21-10(2)26-28/h4-9H,3H2,1-2H3,(H,23,24,25). The number of nitrogens with one attached hydrogen (secondary N) is 1. The summed E-state index contributed by atoms with van der Waals surface area (Å²) in [7, 11) is 0. The number of aromatic nitrogens is 8. The first kappa shape index (κ1) is 17.5. The Kier molecular flexibility index (Phi) is 3.92. The number of hydrogen-bond acceptors (Lipinski definition) is 6. The van der Waals surface area contributed by atoms with Gasteiger partial charge in [0.05, 0.1) is 16.6 Å². The number of aromatic amines is 1. The van der Waals surface area contributed by atoms with Gasteiger partial charge in [-0.2, -0.15) is 14.5 Å². The van der Waals surface area contributed by atoms with Crippen LogP contribution in [0.4, 0.5) is 0 Å². The predicted molar refractivity (Wildman–Crippen MR) is 108 cm³/mol. The van der Waals surface area contributed by atoms with Crippen molar-refractivity contribution >= 4 is 28.3 Å². The third-order valence-corrected chi connectivity index (χ3v) is 4.96. The molecule has 5 rings (SSSR count). The summed E-state index contributed by atoms with van der Waals surface area (Å²) in [5.74, 6) is 1.91. The van der Waals surface area contributed by atoms with Crippen molar-refractivity contribution in [2.75, 3.05) is 0 Å². The Morgan fingerprint density at radius 2 is 1.97 bits per heavy atom. The first-order chi connectivity index (χ1) is 14.1. The second-order valence-electron chi connectivity index (χ2n) is 6.50. The van der Waals surface area contributed by atoms with E-state index in [1.807, 2.05) is 25.1 Å². The van der Waals surface area contributed by atoms with Crippen LogP contribution in [0, 0.1) is 6.92 Å². The molecule has 29 heavy (non-hydrogen) atoms. The van der Waals surface area contributed by atoms with Gasteiger partial charge >= 0.3 is 0 Å². The number of rotatable bonds is 3. The number of hydrogen-bond donors (Lipinski definition) is 1. The van der Waals surface area contributed by atoms with Crippen molar-refractivity contribution in [3.63, 3.8) is 0 Å². The third-order valence-electron chi connectivity index (χ3n) is 4.63. The fourth-order valence-corrected chi connectivity index (χ4v) is 3.52. The van der Waals surface area contributed by atoms with E-state index in [1.54, 1.807) is 29.8 Å². The van der Waals surface area contributed by atoms with Crippen molar-refractivity contribution in [1.29, 1.82) is 0 Å². The topological polar surface area (TPSA) is 107 Å². The molecule has 1 N–H and O–H groups in total. The molecule has 0 amide bonds. The first-order valence-electron chi connectivity index (χ1n) is 9.02. The Morgan fingerprint density at radius 1 is 1.14 bits per heavy atom. The maximum absolute atomic E-state index is 13.5. The molecule has 4 aromatic heterocycles. The van der Waals surface area contributed by atoms with Gasteiger partial charge in [-0.25, -0.2) is 9.55 Å². The van der Waals surface area contributed by atoms with Crippen LogP contribution in [-0.2, 0) is 6.42 Å². The van der Waals surface area contributed by atoms with E-state index >= 15 is 0 Å². The van der Waals surface area contributed by atoms with Crippen molar-refractivity contribution in [3.05, 3.63) is 63.6 Å². The lowest BCUT2D eigenvalue weighted by molar-refractivity contribution is 0.893. The summed E-state index contributed by atoms with van der Waals surface area (Å²) < 4.78 is 2.94. The number of halogens is 1. The summed E-state index contributed by atoms with van der Waals surface area (Å²) in [6, 6.07) is 9.03. The van der Waals surface area contributed by atoms with Crippen molar-refractivity contribution in [3.8, 4) is 17.2 Å². The zero-order chi connectivity index (χ0) is 20.1. The van der Waals surface area contributed by atoms with Crippen LogP contribution in [0.2, 0.25) is 5.02 Å². The summed E-state index contributed by atoms with van der Waals surface area (Å²) in [4.78, 5) is 26.8. The third kappa shape index (κ3) is 2.70. The van der Waals surface area contributed by atoms with E-state index < -0.39 is 0 Å². The lowest BCUT2D eigenvalue weighted by Gasteiger charge is -2.11. The number of nitrogens with zero attached hydrogens (tertiary/aromatic N) is 7. The van der Waals surface area contributed by atoms with Gasteiger partial charge in [-0.05, 0) is 19.1 Å². The fourth-order valence-electron chi connectivity index (χ4n) is 3.29. The molecule has 9 nitrogen and oxygen atoms in total. The van der Waals surface area contributed by atoms with E-state index in [9.17, 15) is 4.79 Å². The molecule has 0 aliphatic carbocycles. The highest BCUT2D eigenvalue weighted by atomic mass is 35.5. The maximum atomic E-state index is 13.5. The quantitative estimate of drug-likeness (QED) is 0.493. The average Bonchev–Trinajstić information content (AvgIpc) is 3.33. The summed E-state index contributed by atoms with van der Waals surface area (Å²) in [5.41, 5.74) is 1.37. The molecule has 0 saturated heterocycles. The number of fused-ring (bicyclic) bond motifs is 2. The Bertz CT molecular complexity index is 1450. The van der Waals surface area contributed by atoms with Gasteiger partial charge in [-0.15, -0.1) is 10.2 Å². The molecule has 1 aromatic carbocycles. The number of pyridine rings is 1. The monoisotopic (exact) mass is 406 g/mol. The van der Waals surface area contributed by atoms with Gasteiger partial charge in [0.25, 0.3) is 17.3 Å². The second-order valence-corrected chi connectivity index (χ2v) is 6.91. The molecule has 5 aromatic rings. The molecule has 10 heteroatoms. The number of H-pyrrole nitrogens is 1. The molecule has 0 fully saturated rings. The Morgan fingerprint density at radius 3 is 2.72 bits per heavy atom. The minimum absolute atomic E-state index is 0.272. The molecule has 0 bridgehead atoms. The van der Waals surface area contributed by atoms with Crippen LogP contribution in [0.5, 0.6) is 0 Å². The van der Waals surface area contributed by atoms with E-state index in [-0.39, 0.29) is 11.5 Å². The van der Waals surface area contributed by atoms with Gasteiger partial charge in [0.1, 0.15) is 11.6 Å². The Hall–Kier alpha value is -3.59. The predicted octanol–water partition coefficient (Wildman–Crippen LogP) is 2.74. The zero-order valence-corrected chi connectivity index (χ0v) is 16.3. The SMILES string of the molecule is CCc1nc(-n2ccc3nc4nc(C)nn4c(-c4ccccc4Cl)c3c2=O)n[nH]1. The van der Waals surface area contributed by atoms with E-state index in [1.165, 1.54) is 4.57 Å². The summed E-state index contributed by atoms with van der Waals surface area (Å²) in [6.45, 7) is 3.73. The summed E-state index contributed by atoms with van der Waals surface area (Å²) in [6.07, 6.45) is 2.29. The van der Waals surface area contributed by atoms with Crippen LogP contribution in [0.25, 0.3) is 33.9 Å². The van der Waals surface area contributed by atoms with Gasteiger partial charge < -0.3 is 0 Å². The summed E-state index contributed by atoms with van der Waals surface area (Å²) in [5, 5.41) is 12.3. The largest absolute Gasteiger partial charge is 0.269 e. The van der Waals surface area contributed by atoms with E-state index in [0.717, 1.165) is 0 Å². The molecule has 0 spiro atoms. The molecule has 0 atom stereocenters. The smallest absolute Gasteiger partial charge is 0.268 e. The van der Waals surface area contributed by atoms with Crippen LogP contribution < -0.4 is 5.56 Å². The minimum atomic E-state index is -0.318. The average molecular weight is 407 g/mol. The second kappa shape index (κ2) is 6.49. The molecular formula is C19H15ClN8O. The van der Waals surface area contributed by atoms with Gasteiger partial charge in [0, 0.05) is 23.2 Å². The van der Waals surface area contributed by atoms with Crippen molar-refractivity contribution in [1.82, 2.24) is 39.3 Å². The van der Waals surface area contributed by atoms with E-state index in [4.69, 9.17) is 11.6 Å². The normalized spacial score (nSPS) is 11.6. The highest BCUT2D eigenvalue weighted by molar-refractivity contribution is 6.33. The van der Waals surface area contributed by atoms with Crippen LogP contribution in [-0.4, -0.2) is 39.3 Å². The van der Waals surface area contributed by atoms with Gasteiger partial charge in [0.15, 0.2) is 0 Å². The fraction of sp³-hybridized carbons (Fsp3) is 0.158. The molecule has 0 saturated carbocycles. The zero-order valence-electron chi connectivity index (χ0n) is 15.6. The van der Waals surface area contributed by atoms with Gasteiger partial charge in [-0.3, -0.25) is 9.89 Å². The summed E-state index contributed by atoms with van der Waals surface area (Å²) >= 11 is 6.48. The number of aryl methyl sites for hydroxylation is 2. The molecule has 0 aliphatic rings. The Labute approximate surface area is 169 Å². The Balaban J connectivity index is 1.93. The van der Waals surface area contributed by atoms with Crippen LogP contribution >= 0.6 is 11.6 Å². The molecular weight excluding hydrogens is 392 g/mol. The molecule has 0 unspecified atom stereocenters. The van der Waals surface area contributed by atoms with Crippen molar-refractivity contribution in [2.45, 2.75) is 20.3 Å². The highest BCUT2D eigenvalue weighted by Crippen LogP contribution is 2.31. The van der Waals surface area contributed by atoms with Crippen LogP contribution in [0.3, 0.4) is 0 Å².